The zero-order valence-corrected chi connectivity index (χ0v) is 14.9. The van der Waals surface area contributed by atoms with Crippen molar-refractivity contribution < 1.29 is 23.1 Å². The SMILES string of the molecule is CCOC(=O)[C@@H](C)Oc1c(-c2ccco2)oc2ccc(CC)cc2c1=O. The summed E-state index contributed by atoms with van der Waals surface area (Å²) < 4.78 is 21.9. The van der Waals surface area contributed by atoms with Crippen LogP contribution in [0.15, 0.2) is 50.2 Å². The average molecular weight is 356 g/mol. The number of carbonyl (C=O) groups is 1. The van der Waals surface area contributed by atoms with Gasteiger partial charge in [-0.3, -0.25) is 4.79 Å². The Bertz CT molecular complexity index is 968. The average Bonchev–Trinajstić information content (AvgIpc) is 3.18. The second-order valence-electron chi connectivity index (χ2n) is 5.76. The Kier molecular flexibility index (Phi) is 5.11. The number of aryl methyl sites for hydroxylation is 1. The first kappa shape index (κ1) is 17.8. The van der Waals surface area contributed by atoms with Crippen molar-refractivity contribution in [3.8, 4) is 17.3 Å². The number of furan rings is 1. The lowest BCUT2D eigenvalue weighted by atomic mass is 10.1. The van der Waals surface area contributed by atoms with Gasteiger partial charge in [0.05, 0.1) is 18.3 Å². The van der Waals surface area contributed by atoms with E-state index in [9.17, 15) is 9.59 Å². The fraction of sp³-hybridized carbons (Fsp3) is 0.300. The van der Waals surface area contributed by atoms with Crippen LogP contribution in [0.3, 0.4) is 0 Å². The lowest BCUT2D eigenvalue weighted by Crippen LogP contribution is -2.28. The van der Waals surface area contributed by atoms with Gasteiger partial charge in [-0.25, -0.2) is 4.79 Å². The molecule has 1 atom stereocenters. The van der Waals surface area contributed by atoms with Gasteiger partial charge in [0, 0.05) is 0 Å². The quantitative estimate of drug-likeness (QED) is 0.622. The normalized spacial score (nSPS) is 12.1. The van der Waals surface area contributed by atoms with Gasteiger partial charge < -0.3 is 18.3 Å². The maximum Gasteiger partial charge on any atom is 0.347 e. The van der Waals surface area contributed by atoms with E-state index in [2.05, 4.69) is 0 Å². The van der Waals surface area contributed by atoms with Crippen LogP contribution in [0.5, 0.6) is 5.75 Å². The Morgan fingerprint density at radius 1 is 1.23 bits per heavy atom. The number of carbonyl (C=O) groups excluding carboxylic acids is 1. The standard InChI is InChI=1S/C20H20O6/c1-4-13-8-9-15-14(11-13)17(21)19(25-12(3)20(22)23-5-2)18(26-15)16-7-6-10-24-16/h6-12H,4-5H2,1-3H3/t12-/m1/s1. The first-order valence-electron chi connectivity index (χ1n) is 8.52. The molecule has 0 fully saturated rings. The van der Waals surface area contributed by atoms with Gasteiger partial charge in [-0.15, -0.1) is 0 Å². The molecule has 0 aliphatic rings. The minimum absolute atomic E-state index is 0.0683. The Hall–Kier alpha value is -3.02. The van der Waals surface area contributed by atoms with E-state index >= 15 is 0 Å². The van der Waals surface area contributed by atoms with Crippen LogP contribution in [0.1, 0.15) is 26.3 Å². The third-order valence-electron chi connectivity index (χ3n) is 3.98. The minimum atomic E-state index is -0.960. The maximum absolute atomic E-state index is 13.0. The Labute approximate surface area is 150 Å². The predicted molar refractivity (Wildman–Crippen MR) is 96.3 cm³/mol. The van der Waals surface area contributed by atoms with Crippen LogP contribution in [-0.2, 0) is 16.0 Å². The molecule has 0 amide bonds. The van der Waals surface area contributed by atoms with E-state index in [0.717, 1.165) is 12.0 Å². The van der Waals surface area contributed by atoms with E-state index in [4.69, 9.17) is 18.3 Å². The first-order chi connectivity index (χ1) is 12.5. The van der Waals surface area contributed by atoms with Crippen molar-refractivity contribution in [2.24, 2.45) is 0 Å². The van der Waals surface area contributed by atoms with E-state index in [0.29, 0.717) is 16.7 Å². The smallest absolute Gasteiger partial charge is 0.347 e. The Balaban J connectivity index is 2.17. The molecule has 3 aromatic rings. The minimum Gasteiger partial charge on any atom is -0.471 e. The summed E-state index contributed by atoms with van der Waals surface area (Å²) in [6, 6.07) is 8.76. The number of rotatable bonds is 6. The summed E-state index contributed by atoms with van der Waals surface area (Å²) in [5.41, 5.74) is 1.07. The van der Waals surface area contributed by atoms with E-state index in [1.165, 1.54) is 13.2 Å². The Morgan fingerprint density at radius 3 is 2.69 bits per heavy atom. The third-order valence-corrected chi connectivity index (χ3v) is 3.98. The second kappa shape index (κ2) is 7.47. The topological polar surface area (TPSA) is 78.9 Å². The van der Waals surface area contributed by atoms with Gasteiger partial charge in [0.15, 0.2) is 11.9 Å². The van der Waals surface area contributed by atoms with Crippen molar-refractivity contribution in [2.75, 3.05) is 6.61 Å². The van der Waals surface area contributed by atoms with Crippen LogP contribution in [0.4, 0.5) is 0 Å². The molecule has 6 heteroatoms. The van der Waals surface area contributed by atoms with Gasteiger partial charge in [0.25, 0.3) is 0 Å². The molecule has 136 valence electrons. The molecule has 6 nitrogen and oxygen atoms in total. The van der Waals surface area contributed by atoms with Crippen molar-refractivity contribution in [1.82, 2.24) is 0 Å². The molecule has 0 N–H and O–H groups in total. The van der Waals surface area contributed by atoms with E-state index in [-0.39, 0.29) is 23.5 Å². The molecule has 0 saturated carbocycles. The van der Waals surface area contributed by atoms with Gasteiger partial charge >= 0.3 is 5.97 Å². The highest BCUT2D eigenvalue weighted by Gasteiger charge is 2.24. The summed E-state index contributed by atoms with van der Waals surface area (Å²) in [4.78, 5) is 25.0. The summed E-state index contributed by atoms with van der Waals surface area (Å²) in [5.74, 6) is -0.136. The monoisotopic (exact) mass is 356 g/mol. The number of ether oxygens (including phenoxy) is 2. The number of esters is 1. The molecule has 0 unspecified atom stereocenters. The molecule has 1 aromatic carbocycles. The number of hydrogen-bond donors (Lipinski definition) is 0. The van der Waals surface area contributed by atoms with Crippen LogP contribution in [0, 0.1) is 0 Å². The molecular formula is C20H20O6. The third kappa shape index (κ3) is 3.35. The molecule has 0 aliphatic carbocycles. The van der Waals surface area contributed by atoms with Crippen LogP contribution < -0.4 is 10.2 Å². The zero-order chi connectivity index (χ0) is 18.7. The number of hydrogen-bond acceptors (Lipinski definition) is 6. The van der Waals surface area contributed by atoms with Crippen molar-refractivity contribution >= 4 is 16.9 Å². The van der Waals surface area contributed by atoms with Crippen LogP contribution in [0.25, 0.3) is 22.5 Å². The molecule has 2 heterocycles. The van der Waals surface area contributed by atoms with Crippen molar-refractivity contribution in [3.63, 3.8) is 0 Å². The van der Waals surface area contributed by atoms with Crippen LogP contribution in [0.2, 0.25) is 0 Å². The predicted octanol–water partition coefficient (Wildman–Crippen LogP) is 3.95. The summed E-state index contributed by atoms with van der Waals surface area (Å²) in [6.45, 7) is 5.45. The summed E-state index contributed by atoms with van der Waals surface area (Å²) in [5, 5.41) is 0.394. The highest BCUT2D eigenvalue weighted by Crippen LogP contribution is 2.32. The second-order valence-corrected chi connectivity index (χ2v) is 5.76. The van der Waals surface area contributed by atoms with Crippen molar-refractivity contribution in [2.45, 2.75) is 33.3 Å². The molecular weight excluding hydrogens is 336 g/mol. The van der Waals surface area contributed by atoms with E-state index in [1.807, 2.05) is 13.0 Å². The van der Waals surface area contributed by atoms with E-state index in [1.54, 1.807) is 31.2 Å². The summed E-state index contributed by atoms with van der Waals surface area (Å²) >= 11 is 0. The molecule has 26 heavy (non-hydrogen) atoms. The lowest BCUT2D eigenvalue weighted by molar-refractivity contribution is -0.150. The van der Waals surface area contributed by atoms with E-state index < -0.39 is 12.1 Å². The largest absolute Gasteiger partial charge is 0.471 e. The van der Waals surface area contributed by atoms with Gasteiger partial charge in [-0.1, -0.05) is 13.0 Å². The maximum atomic E-state index is 13.0. The molecule has 2 aromatic heterocycles. The molecule has 0 saturated heterocycles. The van der Waals surface area contributed by atoms with Crippen LogP contribution in [-0.4, -0.2) is 18.7 Å². The van der Waals surface area contributed by atoms with Crippen LogP contribution >= 0.6 is 0 Å². The van der Waals surface area contributed by atoms with Gasteiger partial charge in [-0.2, -0.15) is 0 Å². The van der Waals surface area contributed by atoms with Gasteiger partial charge in [0.1, 0.15) is 5.58 Å². The van der Waals surface area contributed by atoms with Gasteiger partial charge in [0.2, 0.25) is 16.9 Å². The fourth-order valence-electron chi connectivity index (χ4n) is 2.61. The Morgan fingerprint density at radius 2 is 2.04 bits per heavy atom. The highest BCUT2D eigenvalue weighted by molar-refractivity contribution is 5.82. The van der Waals surface area contributed by atoms with Crippen molar-refractivity contribution in [3.05, 3.63) is 52.4 Å². The first-order valence-corrected chi connectivity index (χ1v) is 8.52. The summed E-state index contributed by atoms with van der Waals surface area (Å²) in [6.07, 6.45) is 1.29. The number of fused-ring (bicyclic) bond motifs is 1. The molecule has 0 radical (unpaired) electrons. The number of benzene rings is 1. The molecule has 0 aliphatic heterocycles. The molecule has 0 spiro atoms. The lowest BCUT2D eigenvalue weighted by Gasteiger charge is -2.15. The highest BCUT2D eigenvalue weighted by atomic mass is 16.6. The summed E-state index contributed by atoms with van der Waals surface area (Å²) in [7, 11) is 0. The van der Waals surface area contributed by atoms with Crippen molar-refractivity contribution in [1.29, 1.82) is 0 Å². The fourth-order valence-corrected chi connectivity index (χ4v) is 2.61. The van der Waals surface area contributed by atoms with Gasteiger partial charge in [-0.05, 0) is 50.1 Å². The molecule has 3 rings (SSSR count). The zero-order valence-electron chi connectivity index (χ0n) is 14.9. The molecule has 0 bridgehead atoms.